The molecule has 1 aromatic heterocycles. The molecule has 0 saturated carbocycles. The van der Waals surface area contributed by atoms with Crippen molar-refractivity contribution in [3.8, 4) is 22.8 Å². The number of methoxy groups -OCH3 is 1. The number of benzene rings is 2. The molecule has 26 heavy (non-hydrogen) atoms. The zero-order valence-electron chi connectivity index (χ0n) is 15.5. The van der Waals surface area contributed by atoms with Crippen molar-refractivity contribution in [2.24, 2.45) is 0 Å². The van der Waals surface area contributed by atoms with Gasteiger partial charge in [0, 0.05) is 16.5 Å². The Bertz CT molecular complexity index is 972. The van der Waals surface area contributed by atoms with E-state index in [1.807, 2.05) is 45.0 Å². The minimum Gasteiger partial charge on any atom is -0.493 e. The van der Waals surface area contributed by atoms with Crippen LogP contribution in [0.5, 0.6) is 11.5 Å². The van der Waals surface area contributed by atoms with Crippen LogP contribution >= 0.6 is 0 Å². The summed E-state index contributed by atoms with van der Waals surface area (Å²) in [5, 5.41) is 10.4. The van der Waals surface area contributed by atoms with Gasteiger partial charge in [0.1, 0.15) is 0 Å². The van der Waals surface area contributed by atoms with Gasteiger partial charge in [-0.3, -0.25) is 4.79 Å². The molecule has 5 nitrogen and oxygen atoms in total. The van der Waals surface area contributed by atoms with Crippen molar-refractivity contribution >= 4 is 16.9 Å². The third-order valence-corrected chi connectivity index (χ3v) is 4.44. The van der Waals surface area contributed by atoms with Gasteiger partial charge in [-0.25, -0.2) is 0 Å². The number of aryl methyl sites for hydroxylation is 2. The van der Waals surface area contributed by atoms with Crippen LogP contribution < -0.4 is 9.47 Å². The third kappa shape index (κ3) is 3.25. The van der Waals surface area contributed by atoms with E-state index in [2.05, 4.69) is 11.1 Å². The van der Waals surface area contributed by atoms with E-state index in [9.17, 15) is 9.90 Å². The van der Waals surface area contributed by atoms with Gasteiger partial charge in [0.05, 0.1) is 25.8 Å². The first-order valence-corrected chi connectivity index (χ1v) is 8.59. The minimum atomic E-state index is -0.857. The lowest BCUT2D eigenvalue weighted by Gasteiger charge is -2.11. The van der Waals surface area contributed by atoms with Crippen LogP contribution in [-0.2, 0) is 11.2 Å². The molecule has 0 unspecified atom stereocenters. The van der Waals surface area contributed by atoms with Crippen LogP contribution in [0, 0.1) is 13.8 Å². The first-order valence-electron chi connectivity index (χ1n) is 8.59. The smallest absolute Gasteiger partial charge is 0.307 e. The van der Waals surface area contributed by atoms with E-state index in [4.69, 9.17) is 9.47 Å². The predicted molar refractivity (Wildman–Crippen MR) is 102 cm³/mol. The molecule has 0 fully saturated rings. The highest BCUT2D eigenvalue weighted by molar-refractivity contribution is 5.96. The minimum absolute atomic E-state index is 0.0474. The van der Waals surface area contributed by atoms with E-state index in [0.717, 1.165) is 38.9 Å². The average Bonchev–Trinajstić information content (AvgIpc) is 2.93. The third-order valence-electron chi connectivity index (χ3n) is 4.44. The molecule has 0 amide bonds. The highest BCUT2D eigenvalue weighted by Gasteiger charge is 2.18. The van der Waals surface area contributed by atoms with E-state index < -0.39 is 5.97 Å². The van der Waals surface area contributed by atoms with Gasteiger partial charge in [-0.1, -0.05) is 11.6 Å². The van der Waals surface area contributed by atoms with Crippen molar-refractivity contribution in [3.63, 3.8) is 0 Å². The molecule has 136 valence electrons. The molecule has 2 N–H and O–H groups in total. The molecule has 0 aliphatic carbocycles. The van der Waals surface area contributed by atoms with Crippen LogP contribution in [0.1, 0.15) is 23.6 Å². The quantitative estimate of drug-likeness (QED) is 0.685. The van der Waals surface area contributed by atoms with Crippen molar-refractivity contribution < 1.29 is 19.4 Å². The fourth-order valence-electron chi connectivity index (χ4n) is 3.39. The highest BCUT2D eigenvalue weighted by Crippen LogP contribution is 2.37. The van der Waals surface area contributed by atoms with Gasteiger partial charge >= 0.3 is 5.97 Å². The molecule has 0 bridgehead atoms. The van der Waals surface area contributed by atoms with Crippen molar-refractivity contribution in [1.82, 2.24) is 4.98 Å². The summed E-state index contributed by atoms with van der Waals surface area (Å²) in [6, 6.07) is 9.77. The number of carbonyl (C=O) groups is 1. The highest BCUT2D eigenvalue weighted by atomic mass is 16.5. The van der Waals surface area contributed by atoms with Gasteiger partial charge in [0.2, 0.25) is 0 Å². The molecule has 0 atom stereocenters. The number of aromatic amines is 1. The lowest BCUT2D eigenvalue weighted by atomic mass is 10.00. The summed E-state index contributed by atoms with van der Waals surface area (Å²) in [7, 11) is 1.60. The Labute approximate surface area is 152 Å². The molecule has 0 saturated heterocycles. The monoisotopic (exact) mass is 353 g/mol. The van der Waals surface area contributed by atoms with Crippen LogP contribution in [0.3, 0.4) is 0 Å². The second-order valence-electron chi connectivity index (χ2n) is 6.35. The molecule has 1 heterocycles. The normalized spacial score (nSPS) is 10.9. The van der Waals surface area contributed by atoms with Gasteiger partial charge < -0.3 is 19.6 Å². The second kappa shape index (κ2) is 7.12. The molecule has 2 aromatic carbocycles. The van der Waals surface area contributed by atoms with E-state index in [1.165, 1.54) is 0 Å². The number of hydrogen-bond donors (Lipinski definition) is 2. The molecule has 5 heteroatoms. The van der Waals surface area contributed by atoms with Gasteiger partial charge in [-0.05, 0) is 56.2 Å². The molecule has 0 aliphatic rings. The summed E-state index contributed by atoms with van der Waals surface area (Å²) in [5.41, 5.74) is 5.63. The van der Waals surface area contributed by atoms with Gasteiger partial charge in [-0.2, -0.15) is 0 Å². The topological polar surface area (TPSA) is 71.6 Å². The maximum Gasteiger partial charge on any atom is 0.307 e. The summed E-state index contributed by atoms with van der Waals surface area (Å²) in [4.78, 5) is 14.9. The number of ether oxygens (including phenoxy) is 2. The van der Waals surface area contributed by atoms with Crippen molar-refractivity contribution in [2.45, 2.75) is 27.2 Å². The number of carboxylic acid groups (broad SMARTS) is 1. The van der Waals surface area contributed by atoms with Crippen LogP contribution in [0.25, 0.3) is 22.2 Å². The Morgan fingerprint density at radius 1 is 1.15 bits per heavy atom. The van der Waals surface area contributed by atoms with Gasteiger partial charge in [-0.15, -0.1) is 0 Å². The Morgan fingerprint density at radius 2 is 1.92 bits per heavy atom. The number of rotatable bonds is 6. The average molecular weight is 353 g/mol. The molecule has 0 spiro atoms. The van der Waals surface area contributed by atoms with Crippen molar-refractivity contribution in [3.05, 3.63) is 47.0 Å². The number of carboxylic acids is 1. The zero-order valence-corrected chi connectivity index (χ0v) is 15.5. The predicted octanol–water partition coefficient (Wildman–Crippen LogP) is 4.49. The number of H-pyrrole nitrogens is 1. The van der Waals surface area contributed by atoms with E-state index >= 15 is 0 Å². The fourth-order valence-corrected chi connectivity index (χ4v) is 3.39. The van der Waals surface area contributed by atoms with Crippen molar-refractivity contribution in [1.29, 1.82) is 0 Å². The molecule has 0 aliphatic heterocycles. The summed E-state index contributed by atoms with van der Waals surface area (Å²) in [5.74, 6) is 0.434. The first kappa shape index (κ1) is 17.9. The lowest BCUT2D eigenvalue weighted by molar-refractivity contribution is -0.136. The number of nitrogens with one attached hydrogen (secondary N) is 1. The molecule has 3 rings (SSSR count). The number of aliphatic carboxylic acids is 1. The lowest BCUT2D eigenvalue weighted by Crippen LogP contribution is -2.01. The molecule has 0 radical (unpaired) electrons. The Hall–Kier alpha value is -2.95. The van der Waals surface area contributed by atoms with Gasteiger partial charge in [0.15, 0.2) is 11.5 Å². The Morgan fingerprint density at radius 3 is 2.58 bits per heavy atom. The van der Waals surface area contributed by atoms with Crippen molar-refractivity contribution in [2.75, 3.05) is 13.7 Å². The van der Waals surface area contributed by atoms with Crippen LogP contribution in [-0.4, -0.2) is 29.8 Å². The van der Waals surface area contributed by atoms with E-state index in [1.54, 1.807) is 7.11 Å². The van der Waals surface area contributed by atoms with Gasteiger partial charge in [0.25, 0.3) is 0 Å². The Balaban J connectivity index is 2.25. The molecular formula is C21H23NO4. The fraction of sp³-hybridized carbons (Fsp3) is 0.286. The molecular weight excluding hydrogens is 330 g/mol. The summed E-state index contributed by atoms with van der Waals surface area (Å²) in [6.45, 7) is 6.48. The summed E-state index contributed by atoms with van der Waals surface area (Å²) < 4.78 is 11.0. The summed E-state index contributed by atoms with van der Waals surface area (Å²) >= 11 is 0. The molecule has 3 aromatic rings. The van der Waals surface area contributed by atoms with E-state index in [0.29, 0.717) is 18.1 Å². The maximum absolute atomic E-state index is 11.5. The Kier molecular flexibility index (Phi) is 4.89. The van der Waals surface area contributed by atoms with Crippen LogP contribution in [0.15, 0.2) is 30.3 Å². The van der Waals surface area contributed by atoms with Crippen LogP contribution in [0.4, 0.5) is 0 Å². The van der Waals surface area contributed by atoms with Crippen LogP contribution in [0.2, 0.25) is 0 Å². The van der Waals surface area contributed by atoms with E-state index in [-0.39, 0.29) is 6.42 Å². The number of hydrogen-bond acceptors (Lipinski definition) is 3. The maximum atomic E-state index is 11.5. The summed E-state index contributed by atoms with van der Waals surface area (Å²) in [6.07, 6.45) is -0.0474. The zero-order chi connectivity index (χ0) is 18.8. The second-order valence-corrected chi connectivity index (χ2v) is 6.35. The standard InChI is InChI=1S/C21H23NO4/c1-5-26-18-10-14(6-7-17(18)25-4)21-16(11-19(23)24)15-9-12(2)8-13(3)20(15)22-21/h6-10,22H,5,11H2,1-4H3,(H,23,24). The first-order chi connectivity index (χ1) is 12.4. The number of aromatic nitrogens is 1. The number of fused-ring (bicyclic) bond motifs is 1. The largest absolute Gasteiger partial charge is 0.493 e. The SMILES string of the molecule is CCOc1cc(-c2[nH]c3c(C)cc(C)cc3c2CC(=O)O)ccc1OC.